The minimum Gasteiger partial charge on any atom is -0.352 e. The molecule has 0 unspecified atom stereocenters. The molecule has 0 aliphatic carbocycles. The van der Waals surface area contributed by atoms with Crippen LogP contribution in [-0.4, -0.2) is 50.0 Å². The molecule has 36 heavy (non-hydrogen) atoms. The molecule has 198 valence electrons. The Morgan fingerprint density at radius 3 is 2.14 bits per heavy atom. The van der Waals surface area contributed by atoms with Gasteiger partial charge in [-0.05, 0) is 76.3 Å². The Labute approximate surface area is 216 Å². The van der Waals surface area contributed by atoms with Crippen molar-refractivity contribution >= 4 is 27.5 Å². The average molecular weight is 516 g/mol. The minimum atomic E-state index is -3.52. The lowest BCUT2D eigenvalue weighted by Gasteiger charge is -2.31. The summed E-state index contributed by atoms with van der Waals surface area (Å²) in [5.74, 6) is -0.351. The summed E-state index contributed by atoms with van der Waals surface area (Å²) >= 11 is 0. The van der Waals surface area contributed by atoms with Crippen LogP contribution in [0, 0.1) is 20.8 Å². The number of carbonyl (C=O) groups excluding carboxylic acids is 2. The van der Waals surface area contributed by atoms with Gasteiger partial charge in [0.1, 0.15) is 6.04 Å². The van der Waals surface area contributed by atoms with Crippen LogP contribution in [0.25, 0.3) is 0 Å². The van der Waals surface area contributed by atoms with Gasteiger partial charge in [0.2, 0.25) is 21.8 Å². The standard InChI is InChI=1S/C28H41N3O4S/c1-8-26(28(33)29-20(2)3)30(19-24-14-11-21(4)12-15-24)27(32)10-9-17-31(36(7,34)35)25-16-13-22(5)23(6)18-25/h11-16,18,20,26H,8-10,17,19H2,1-7H3,(H,29,33)/t26-/m0/s1. The van der Waals surface area contributed by atoms with Gasteiger partial charge in [0, 0.05) is 25.6 Å². The molecule has 2 amide bonds. The quantitative estimate of drug-likeness (QED) is 0.451. The molecule has 2 aromatic carbocycles. The third kappa shape index (κ3) is 8.36. The van der Waals surface area contributed by atoms with Gasteiger partial charge < -0.3 is 10.2 Å². The Bertz CT molecular complexity index is 1140. The number of aryl methyl sites for hydroxylation is 3. The first-order valence-corrected chi connectivity index (χ1v) is 14.4. The predicted molar refractivity (Wildman–Crippen MR) is 146 cm³/mol. The van der Waals surface area contributed by atoms with Gasteiger partial charge in [0.15, 0.2) is 0 Å². The van der Waals surface area contributed by atoms with E-state index in [2.05, 4.69) is 5.32 Å². The Hall–Kier alpha value is -2.87. The van der Waals surface area contributed by atoms with Crippen molar-refractivity contribution in [1.29, 1.82) is 0 Å². The summed E-state index contributed by atoms with van der Waals surface area (Å²) in [6.07, 6.45) is 2.13. The fraction of sp³-hybridized carbons (Fsp3) is 0.500. The van der Waals surface area contributed by atoms with Crippen molar-refractivity contribution in [2.24, 2.45) is 0 Å². The van der Waals surface area contributed by atoms with Crippen LogP contribution in [0.5, 0.6) is 0 Å². The van der Waals surface area contributed by atoms with Crippen LogP contribution in [0.4, 0.5) is 5.69 Å². The van der Waals surface area contributed by atoms with E-state index in [9.17, 15) is 18.0 Å². The fourth-order valence-electron chi connectivity index (χ4n) is 4.08. The molecule has 0 aromatic heterocycles. The van der Waals surface area contributed by atoms with Crippen LogP contribution >= 0.6 is 0 Å². The summed E-state index contributed by atoms with van der Waals surface area (Å²) in [6, 6.07) is 12.8. The van der Waals surface area contributed by atoms with Crippen LogP contribution in [-0.2, 0) is 26.2 Å². The second-order valence-electron chi connectivity index (χ2n) is 9.80. The van der Waals surface area contributed by atoms with E-state index in [1.165, 1.54) is 10.6 Å². The van der Waals surface area contributed by atoms with E-state index in [0.717, 1.165) is 22.3 Å². The Morgan fingerprint density at radius 1 is 0.972 bits per heavy atom. The molecule has 0 spiro atoms. The Balaban J connectivity index is 2.22. The number of nitrogens with zero attached hydrogens (tertiary/aromatic N) is 2. The Morgan fingerprint density at radius 2 is 1.61 bits per heavy atom. The number of rotatable bonds is 12. The maximum Gasteiger partial charge on any atom is 0.243 e. The van der Waals surface area contributed by atoms with Gasteiger partial charge in [-0.2, -0.15) is 0 Å². The number of nitrogens with one attached hydrogen (secondary N) is 1. The maximum absolute atomic E-state index is 13.4. The van der Waals surface area contributed by atoms with Crippen molar-refractivity contribution in [2.75, 3.05) is 17.1 Å². The van der Waals surface area contributed by atoms with E-state index >= 15 is 0 Å². The zero-order valence-electron chi connectivity index (χ0n) is 22.7. The second kappa shape index (κ2) is 12.9. The molecule has 0 saturated carbocycles. The van der Waals surface area contributed by atoms with Crippen molar-refractivity contribution in [1.82, 2.24) is 10.2 Å². The molecule has 7 nitrogen and oxygen atoms in total. The smallest absolute Gasteiger partial charge is 0.243 e. The molecular formula is C28H41N3O4S. The topological polar surface area (TPSA) is 86.8 Å². The summed E-state index contributed by atoms with van der Waals surface area (Å²) in [5.41, 5.74) is 4.74. The highest BCUT2D eigenvalue weighted by Crippen LogP contribution is 2.22. The predicted octanol–water partition coefficient (Wildman–Crippen LogP) is 4.49. The fourth-order valence-corrected chi connectivity index (χ4v) is 5.03. The molecule has 2 aromatic rings. The first-order chi connectivity index (χ1) is 16.8. The van der Waals surface area contributed by atoms with Gasteiger partial charge in [-0.1, -0.05) is 42.8 Å². The molecule has 0 bridgehead atoms. The summed E-state index contributed by atoms with van der Waals surface area (Å²) in [6.45, 7) is 12.1. The van der Waals surface area contributed by atoms with E-state index in [0.29, 0.717) is 25.1 Å². The van der Waals surface area contributed by atoms with E-state index in [1.807, 2.05) is 77.9 Å². The third-order valence-electron chi connectivity index (χ3n) is 6.22. The number of amides is 2. The summed E-state index contributed by atoms with van der Waals surface area (Å²) in [4.78, 5) is 28.0. The van der Waals surface area contributed by atoms with Crippen LogP contribution < -0.4 is 9.62 Å². The van der Waals surface area contributed by atoms with Crippen LogP contribution in [0.3, 0.4) is 0 Å². The van der Waals surface area contributed by atoms with Crippen LogP contribution in [0.15, 0.2) is 42.5 Å². The van der Waals surface area contributed by atoms with Gasteiger partial charge in [0.05, 0.1) is 11.9 Å². The highest BCUT2D eigenvalue weighted by molar-refractivity contribution is 7.92. The monoisotopic (exact) mass is 515 g/mol. The van der Waals surface area contributed by atoms with Crippen molar-refractivity contribution in [2.45, 2.75) is 79.4 Å². The van der Waals surface area contributed by atoms with E-state index in [-0.39, 0.29) is 30.8 Å². The van der Waals surface area contributed by atoms with Crippen molar-refractivity contribution in [3.8, 4) is 0 Å². The summed E-state index contributed by atoms with van der Waals surface area (Å²) in [7, 11) is -3.52. The molecular weight excluding hydrogens is 474 g/mol. The number of benzene rings is 2. The molecule has 1 N–H and O–H groups in total. The molecule has 0 saturated heterocycles. The average Bonchev–Trinajstić information content (AvgIpc) is 2.78. The molecule has 2 rings (SSSR count). The summed E-state index contributed by atoms with van der Waals surface area (Å²) < 4.78 is 26.4. The summed E-state index contributed by atoms with van der Waals surface area (Å²) in [5, 5.41) is 2.93. The van der Waals surface area contributed by atoms with Gasteiger partial charge >= 0.3 is 0 Å². The molecule has 0 aliphatic heterocycles. The molecule has 1 atom stereocenters. The SMILES string of the molecule is CC[C@@H](C(=O)NC(C)C)N(Cc1ccc(C)cc1)C(=O)CCCN(c1ccc(C)c(C)c1)S(C)(=O)=O. The highest BCUT2D eigenvalue weighted by Gasteiger charge is 2.29. The van der Waals surface area contributed by atoms with E-state index < -0.39 is 16.1 Å². The number of hydrogen-bond acceptors (Lipinski definition) is 4. The van der Waals surface area contributed by atoms with Crippen LogP contribution in [0.2, 0.25) is 0 Å². The Kier molecular flexibility index (Phi) is 10.5. The second-order valence-corrected chi connectivity index (χ2v) is 11.7. The van der Waals surface area contributed by atoms with Crippen molar-refractivity contribution < 1.29 is 18.0 Å². The zero-order valence-corrected chi connectivity index (χ0v) is 23.5. The molecule has 0 heterocycles. The lowest BCUT2D eigenvalue weighted by atomic mass is 10.1. The largest absolute Gasteiger partial charge is 0.352 e. The van der Waals surface area contributed by atoms with Crippen molar-refractivity contribution in [3.63, 3.8) is 0 Å². The van der Waals surface area contributed by atoms with Crippen molar-refractivity contribution in [3.05, 3.63) is 64.7 Å². The van der Waals surface area contributed by atoms with E-state index in [4.69, 9.17) is 0 Å². The van der Waals surface area contributed by atoms with Gasteiger partial charge in [-0.15, -0.1) is 0 Å². The first kappa shape index (κ1) is 29.4. The zero-order chi connectivity index (χ0) is 27.0. The number of hydrogen-bond donors (Lipinski definition) is 1. The van der Waals surface area contributed by atoms with E-state index in [1.54, 1.807) is 11.0 Å². The number of anilines is 1. The van der Waals surface area contributed by atoms with Gasteiger partial charge in [-0.3, -0.25) is 13.9 Å². The van der Waals surface area contributed by atoms with Gasteiger partial charge in [0.25, 0.3) is 0 Å². The van der Waals surface area contributed by atoms with Crippen LogP contribution in [0.1, 0.15) is 62.3 Å². The minimum absolute atomic E-state index is 0.0378. The first-order valence-electron chi connectivity index (χ1n) is 12.5. The number of sulfonamides is 1. The van der Waals surface area contributed by atoms with Gasteiger partial charge in [-0.25, -0.2) is 8.42 Å². The maximum atomic E-state index is 13.4. The lowest BCUT2D eigenvalue weighted by Crippen LogP contribution is -2.50. The molecule has 0 radical (unpaired) electrons. The lowest BCUT2D eigenvalue weighted by molar-refractivity contribution is -0.141. The highest BCUT2D eigenvalue weighted by atomic mass is 32.2. The number of carbonyl (C=O) groups is 2. The molecule has 8 heteroatoms. The third-order valence-corrected chi connectivity index (χ3v) is 7.42. The molecule has 0 aliphatic rings. The molecule has 0 fully saturated rings. The normalized spacial score (nSPS) is 12.3.